The molecule has 0 aromatic rings. The fraction of sp³-hybridized carbons (Fsp3) is 1.00. The molecule has 0 aromatic heterocycles. The molecule has 0 spiro atoms. The van der Waals surface area contributed by atoms with Crippen molar-refractivity contribution < 1.29 is 0 Å². The molecule has 0 heterocycles. The van der Waals surface area contributed by atoms with Crippen molar-refractivity contribution in [2.24, 2.45) is 10.8 Å². The van der Waals surface area contributed by atoms with Gasteiger partial charge in [-0.25, -0.2) is 0 Å². The molecule has 1 aliphatic carbocycles. The minimum atomic E-state index is 0.0335. The summed E-state index contributed by atoms with van der Waals surface area (Å²) in [5.41, 5.74) is 3.13. The predicted molar refractivity (Wildman–Crippen MR) is 87.3 cm³/mol. The lowest BCUT2D eigenvalue weighted by Gasteiger charge is -2.43. The fourth-order valence-corrected chi connectivity index (χ4v) is 7.25. The van der Waals surface area contributed by atoms with Gasteiger partial charge in [-0.2, -0.15) is 0 Å². The zero-order chi connectivity index (χ0) is 13.8. The summed E-state index contributed by atoms with van der Waals surface area (Å²) in [6.45, 7) is 14.8. The maximum atomic E-state index is 2.47. The van der Waals surface area contributed by atoms with E-state index in [0.717, 1.165) is 11.1 Å². The average Bonchev–Trinajstić information content (AvgIpc) is 2.11. The largest absolute Gasteiger partial charge is 0.0602 e. The topological polar surface area (TPSA) is 0 Å². The average molecular weight is 269 g/mol. The Labute approximate surface area is 118 Å². The van der Waals surface area contributed by atoms with Gasteiger partial charge in [-0.15, -0.1) is 0 Å². The van der Waals surface area contributed by atoms with Crippen LogP contribution in [0.15, 0.2) is 0 Å². The summed E-state index contributed by atoms with van der Waals surface area (Å²) >= 11 is 0. The van der Waals surface area contributed by atoms with Crippen LogP contribution < -0.4 is 0 Å². The molecule has 18 heavy (non-hydrogen) atoms. The third-order valence-electron chi connectivity index (χ3n) is 4.88. The van der Waals surface area contributed by atoms with Crippen LogP contribution >= 0.6 is 0 Å². The first-order valence-corrected chi connectivity index (χ1v) is 9.84. The van der Waals surface area contributed by atoms with E-state index in [1.807, 2.05) is 0 Å². The summed E-state index contributed by atoms with van der Waals surface area (Å²) in [6.07, 6.45) is 10.6. The van der Waals surface area contributed by atoms with Gasteiger partial charge in [0.2, 0.25) is 0 Å². The van der Waals surface area contributed by atoms with Crippen molar-refractivity contribution in [3.63, 3.8) is 0 Å². The highest BCUT2D eigenvalue weighted by atomic mass is 28.2. The second kappa shape index (κ2) is 6.59. The van der Waals surface area contributed by atoms with Crippen molar-refractivity contribution in [2.45, 2.75) is 97.6 Å². The zero-order valence-electron chi connectivity index (χ0n) is 13.8. The number of hydrogen-bond donors (Lipinski definition) is 0. The van der Waals surface area contributed by atoms with Crippen molar-refractivity contribution in [3.05, 3.63) is 0 Å². The van der Waals surface area contributed by atoms with E-state index in [0.29, 0.717) is 10.8 Å². The minimum absolute atomic E-state index is 0.0335. The van der Waals surface area contributed by atoms with Crippen molar-refractivity contribution in [1.82, 2.24) is 0 Å². The van der Waals surface area contributed by atoms with Crippen LogP contribution in [0.25, 0.3) is 0 Å². The molecule has 0 nitrogen and oxygen atoms in total. The van der Waals surface area contributed by atoms with Gasteiger partial charge >= 0.3 is 0 Å². The van der Waals surface area contributed by atoms with E-state index in [4.69, 9.17) is 0 Å². The summed E-state index contributed by atoms with van der Waals surface area (Å²) in [5, 5.41) is 0. The van der Waals surface area contributed by atoms with Crippen molar-refractivity contribution in [1.29, 1.82) is 0 Å². The van der Waals surface area contributed by atoms with Crippen LogP contribution in [0.1, 0.15) is 86.5 Å². The van der Waals surface area contributed by atoms with Gasteiger partial charge in [-0.05, 0) is 16.4 Å². The first-order chi connectivity index (χ1) is 8.21. The summed E-state index contributed by atoms with van der Waals surface area (Å²) in [7, 11) is 0.0335. The van der Waals surface area contributed by atoms with Gasteiger partial charge in [-0.1, -0.05) is 92.0 Å². The highest BCUT2D eigenvalue weighted by Gasteiger charge is 2.36. The zero-order valence-corrected chi connectivity index (χ0v) is 15.2. The van der Waals surface area contributed by atoms with Crippen LogP contribution in [0.3, 0.4) is 0 Å². The summed E-state index contributed by atoms with van der Waals surface area (Å²) in [4.78, 5) is 0. The van der Waals surface area contributed by atoms with Crippen molar-refractivity contribution in [3.8, 4) is 0 Å². The molecule has 1 heteroatoms. The fourth-order valence-electron chi connectivity index (χ4n) is 4.12. The maximum absolute atomic E-state index is 2.47. The smallest absolute Gasteiger partial charge is 0.0277 e. The Morgan fingerprint density at radius 3 is 1.50 bits per heavy atom. The molecule has 1 fully saturated rings. The molecule has 0 saturated heterocycles. The summed E-state index contributed by atoms with van der Waals surface area (Å²) < 4.78 is 0. The van der Waals surface area contributed by atoms with Crippen LogP contribution in [-0.4, -0.2) is 9.52 Å². The first kappa shape index (κ1) is 16.3. The first-order valence-electron chi connectivity index (χ1n) is 8.21. The molecule has 0 radical (unpaired) electrons. The van der Waals surface area contributed by atoms with Crippen LogP contribution in [0, 0.1) is 10.8 Å². The molecule has 0 unspecified atom stereocenters. The van der Waals surface area contributed by atoms with E-state index in [1.165, 1.54) is 32.1 Å². The van der Waals surface area contributed by atoms with E-state index in [1.54, 1.807) is 12.8 Å². The molecule has 1 rings (SSSR count). The lowest BCUT2D eigenvalue weighted by atomic mass is 9.77. The van der Waals surface area contributed by atoms with E-state index < -0.39 is 0 Å². The molecule has 0 N–H and O–H groups in total. The van der Waals surface area contributed by atoms with Crippen LogP contribution in [0.5, 0.6) is 0 Å². The van der Waals surface area contributed by atoms with Crippen molar-refractivity contribution in [2.75, 3.05) is 0 Å². The van der Waals surface area contributed by atoms with E-state index >= 15 is 0 Å². The van der Waals surface area contributed by atoms with Gasteiger partial charge in [-0.3, -0.25) is 0 Å². The van der Waals surface area contributed by atoms with Gasteiger partial charge in [0.1, 0.15) is 0 Å². The Kier molecular flexibility index (Phi) is 5.96. The summed E-state index contributed by atoms with van der Waals surface area (Å²) in [5.74, 6) is 0. The molecular formula is C17H36Si. The standard InChI is InChI=1S/C17H36Si/c1-16(2,3)15(17(4,5)6)18-14-12-10-8-7-9-11-13-14/h14-15H,7-13,18H2,1-6H3. The van der Waals surface area contributed by atoms with E-state index in [9.17, 15) is 0 Å². The Hall–Kier alpha value is 0.217. The number of rotatable bonds is 2. The van der Waals surface area contributed by atoms with Gasteiger partial charge in [0, 0.05) is 9.52 Å². The van der Waals surface area contributed by atoms with Crippen LogP contribution in [0.2, 0.25) is 11.1 Å². The molecular weight excluding hydrogens is 232 g/mol. The predicted octanol–water partition coefficient (Wildman–Crippen LogP) is 5.57. The minimum Gasteiger partial charge on any atom is -0.0602 e. The lowest BCUT2D eigenvalue weighted by Crippen LogP contribution is -2.33. The molecule has 0 amide bonds. The van der Waals surface area contributed by atoms with E-state index in [2.05, 4.69) is 41.5 Å². The highest BCUT2D eigenvalue weighted by Crippen LogP contribution is 2.47. The Morgan fingerprint density at radius 2 is 1.11 bits per heavy atom. The van der Waals surface area contributed by atoms with Crippen LogP contribution in [0.4, 0.5) is 0 Å². The molecule has 0 aromatic carbocycles. The second-order valence-corrected chi connectivity index (χ2v) is 11.2. The Balaban J connectivity index is 2.64. The third-order valence-corrected chi connectivity index (χ3v) is 9.29. The normalized spacial score (nSPS) is 21.5. The lowest BCUT2D eigenvalue weighted by molar-refractivity contribution is 0.229. The molecule has 1 saturated carbocycles. The van der Waals surface area contributed by atoms with Crippen LogP contribution in [-0.2, 0) is 0 Å². The molecule has 108 valence electrons. The van der Waals surface area contributed by atoms with Crippen molar-refractivity contribution >= 4 is 9.52 Å². The Morgan fingerprint density at radius 1 is 0.722 bits per heavy atom. The highest BCUT2D eigenvalue weighted by molar-refractivity contribution is 6.40. The number of hydrogen-bond acceptors (Lipinski definition) is 0. The van der Waals surface area contributed by atoms with Gasteiger partial charge in [0.25, 0.3) is 0 Å². The molecule has 0 atom stereocenters. The second-order valence-electron chi connectivity index (χ2n) is 8.73. The van der Waals surface area contributed by atoms with Gasteiger partial charge in [0.15, 0.2) is 0 Å². The Bertz CT molecular complexity index is 209. The third kappa shape index (κ3) is 5.46. The van der Waals surface area contributed by atoms with Gasteiger partial charge in [0.05, 0.1) is 0 Å². The monoisotopic (exact) mass is 268 g/mol. The quantitative estimate of drug-likeness (QED) is 0.574. The SMILES string of the molecule is CC(C)(C)C([SiH2]C1CCCCCCC1)C(C)(C)C. The molecule has 1 aliphatic rings. The summed E-state index contributed by atoms with van der Waals surface area (Å²) in [6, 6.07) is 0. The van der Waals surface area contributed by atoms with E-state index in [-0.39, 0.29) is 9.52 Å². The maximum Gasteiger partial charge on any atom is 0.0277 e. The van der Waals surface area contributed by atoms with Gasteiger partial charge < -0.3 is 0 Å². The molecule has 0 bridgehead atoms. The molecule has 0 aliphatic heterocycles.